The van der Waals surface area contributed by atoms with Gasteiger partial charge in [0.15, 0.2) is 0 Å². The first-order valence-electron chi connectivity index (χ1n) is 6.46. The predicted molar refractivity (Wildman–Crippen MR) is 72.8 cm³/mol. The number of aromatic nitrogens is 2. The van der Waals surface area contributed by atoms with Crippen LogP contribution in [0.2, 0.25) is 0 Å². The summed E-state index contributed by atoms with van der Waals surface area (Å²) >= 11 is 5.96. The third-order valence-corrected chi connectivity index (χ3v) is 3.94. The van der Waals surface area contributed by atoms with Crippen LogP contribution in [0.25, 0.3) is 11.0 Å². The first-order chi connectivity index (χ1) is 9.11. The molecule has 2 aromatic rings. The fraction of sp³-hybridized carbons (Fsp3) is 0.500. The number of fused-ring (bicyclic) bond motifs is 1. The lowest BCUT2D eigenvalue weighted by Crippen LogP contribution is -2.30. The SMILES string of the molecule is CC1(Cn2c(CCl)nc3ccc(F)cc32)CCCO1. The van der Waals surface area contributed by atoms with Gasteiger partial charge in [0.25, 0.3) is 0 Å². The Morgan fingerprint density at radius 2 is 2.37 bits per heavy atom. The van der Waals surface area contributed by atoms with E-state index in [2.05, 4.69) is 11.9 Å². The van der Waals surface area contributed by atoms with Crippen LogP contribution in [0, 0.1) is 5.82 Å². The van der Waals surface area contributed by atoms with Crippen molar-refractivity contribution in [2.45, 2.75) is 37.8 Å². The molecule has 0 saturated carbocycles. The van der Waals surface area contributed by atoms with Crippen LogP contribution in [-0.4, -0.2) is 21.8 Å². The number of nitrogens with zero attached hydrogens (tertiary/aromatic N) is 2. The van der Waals surface area contributed by atoms with Gasteiger partial charge in [-0.05, 0) is 38.0 Å². The smallest absolute Gasteiger partial charge is 0.125 e. The topological polar surface area (TPSA) is 27.1 Å². The zero-order valence-electron chi connectivity index (χ0n) is 10.8. The minimum absolute atomic E-state index is 0.208. The maximum atomic E-state index is 13.4. The standard InChI is InChI=1S/C14H16ClFN2O/c1-14(5-2-6-19-14)9-18-12-7-10(16)3-4-11(12)17-13(18)8-15/h3-4,7H,2,5-6,8-9H2,1H3. The number of imidazole rings is 1. The largest absolute Gasteiger partial charge is 0.373 e. The van der Waals surface area contributed by atoms with Crippen LogP contribution in [0.15, 0.2) is 18.2 Å². The van der Waals surface area contributed by atoms with Crippen LogP contribution in [-0.2, 0) is 17.2 Å². The Morgan fingerprint density at radius 3 is 3.05 bits per heavy atom. The third kappa shape index (κ3) is 2.35. The summed E-state index contributed by atoms with van der Waals surface area (Å²) in [5, 5.41) is 0. The van der Waals surface area contributed by atoms with Gasteiger partial charge < -0.3 is 9.30 Å². The van der Waals surface area contributed by atoms with Crippen molar-refractivity contribution in [2.24, 2.45) is 0 Å². The molecule has 1 fully saturated rings. The highest BCUT2D eigenvalue weighted by Gasteiger charge is 2.31. The molecule has 0 spiro atoms. The number of hydrogen-bond acceptors (Lipinski definition) is 2. The molecule has 1 aromatic carbocycles. The van der Waals surface area contributed by atoms with Gasteiger partial charge >= 0.3 is 0 Å². The molecule has 0 N–H and O–H groups in total. The van der Waals surface area contributed by atoms with E-state index in [1.165, 1.54) is 12.1 Å². The second-order valence-corrected chi connectivity index (χ2v) is 5.55. The molecule has 3 rings (SSSR count). The highest BCUT2D eigenvalue weighted by molar-refractivity contribution is 6.16. The second kappa shape index (κ2) is 4.76. The predicted octanol–water partition coefficient (Wildman–Crippen LogP) is 3.48. The summed E-state index contributed by atoms with van der Waals surface area (Å²) in [6.07, 6.45) is 2.07. The monoisotopic (exact) mass is 282 g/mol. The van der Waals surface area contributed by atoms with Gasteiger partial charge in [0, 0.05) is 6.61 Å². The Hall–Kier alpha value is -1.13. The van der Waals surface area contributed by atoms with Crippen molar-refractivity contribution in [1.29, 1.82) is 0 Å². The Kier molecular flexibility index (Phi) is 3.23. The Bertz CT molecular complexity index is 605. The summed E-state index contributed by atoms with van der Waals surface area (Å²) < 4.78 is 21.2. The van der Waals surface area contributed by atoms with Crippen molar-refractivity contribution in [3.63, 3.8) is 0 Å². The molecule has 3 nitrogen and oxygen atoms in total. The normalized spacial score (nSPS) is 23.3. The van der Waals surface area contributed by atoms with Crippen LogP contribution in [0.5, 0.6) is 0 Å². The number of benzene rings is 1. The van der Waals surface area contributed by atoms with Crippen LogP contribution in [0.1, 0.15) is 25.6 Å². The zero-order valence-corrected chi connectivity index (χ0v) is 11.6. The molecular weight excluding hydrogens is 267 g/mol. The van der Waals surface area contributed by atoms with E-state index in [-0.39, 0.29) is 11.4 Å². The third-order valence-electron chi connectivity index (χ3n) is 3.70. The zero-order chi connectivity index (χ0) is 13.5. The molecule has 2 heterocycles. The molecule has 0 bridgehead atoms. The fourth-order valence-electron chi connectivity index (χ4n) is 2.72. The van der Waals surface area contributed by atoms with Crippen LogP contribution in [0.4, 0.5) is 4.39 Å². The molecule has 1 aliphatic heterocycles. The quantitative estimate of drug-likeness (QED) is 0.806. The molecule has 0 radical (unpaired) electrons. The number of alkyl halides is 1. The van der Waals surface area contributed by atoms with E-state index in [4.69, 9.17) is 16.3 Å². The molecule has 1 aliphatic rings. The van der Waals surface area contributed by atoms with E-state index < -0.39 is 0 Å². The van der Waals surface area contributed by atoms with E-state index in [9.17, 15) is 4.39 Å². The number of ether oxygens (including phenoxy) is 1. The fourth-order valence-corrected chi connectivity index (χ4v) is 2.92. The van der Waals surface area contributed by atoms with Crippen molar-refractivity contribution >= 4 is 22.6 Å². The van der Waals surface area contributed by atoms with Crippen molar-refractivity contribution in [1.82, 2.24) is 9.55 Å². The minimum atomic E-state index is -0.257. The molecule has 1 atom stereocenters. The van der Waals surface area contributed by atoms with Gasteiger partial charge in [-0.1, -0.05) is 0 Å². The van der Waals surface area contributed by atoms with Crippen molar-refractivity contribution in [3.05, 3.63) is 29.8 Å². The molecule has 19 heavy (non-hydrogen) atoms. The number of halogens is 2. The maximum absolute atomic E-state index is 13.4. The lowest BCUT2D eigenvalue weighted by Gasteiger charge is -2.24. The average Bonchev–Trinajstić information content (AvgIpc) is 2.95. The summed E-state index contributed by atoms with van der Waals surface area (Å²) in [5.41, 5.74) is 1.35. The highest BCUT2D eigenvalue weighted by atomic mass is 35.5. The van der Waals surface area contributed by atoms with Gasteiger partial charge in [0.2, 0.25) is 0 Å². The van der Waals surface area contributed by atoms with Gasteiger partial charge in [-0.25, -0.2) is 9.37 Å². The van der Waals surface area contributed by atoms with Gasteiger partial charge in [0.05, 0.1) is 29.1 Å². The molecule has 1 unspecified atom stereocenters. The maximum Gasteiger partial charge on any atom is 0.125 e. The first kappa shape index (κ1) is 12.9. The lowest BCUT2D eigenvalue weighted by molar-refractivity contribution is 0.00660. The number of rotatable bonds is 3. The van der Waals surface area contributed by atoms with Gasteiger partial charge in [0.1, 0.15) is 11.6 Å². The Morgan fingerprint density at radius 1 is 1.53 bits per heavy atom. The van der Waals surface area contributed by atoms with Crippen LogP contribution < -0.4 is 0 Å². The van der Waals surface area contributed by atoms with Gasteiger partial charge in [-0.15, -0.1) is 11.6 Å². The summed E-state index contributed by atoms with van der Waals surface area (Å²) in [6, 6.07) is 4.62. The van der Waals surface area contributed by atoms with Crippen molar-refractivity contribution < 1.29 is 9.13 Å². The first-order valence-corrected chi connectivity index (χ1v) is 6.99. The molecular formula is C14H16ClFN2O. The summed E-state index contributed by atoms with van der Waals surface area (Å²) in [5.74, 6) is 0.818. The van der Waals surface area contributed by atoms with E-state index in [1.54, 1.807) is 6.07 Å². The Labute approximate surface area is 116 Å². The van der Waals surface area contributed by atoms with Crippen molar-refractivity contribution in [3.8, 4) is 0 Å². The van der Waals surface area contributed by atoms with Crippen molar-refractivity contribution in [2.75, 3.05) is 6.61 Å². The lowest BCUT2D eigenvalue weighted by atomic mass is 10.0. The summed E-state index contributed by atoms with van der Waals surface area (Å²) in [7, 11) is 0. The highest BCUT2D eigenvalue weighted by Crippen LogP contribution is 2.29. The Balaban J connectivity index is 2.07. The summed E-state index contributed by atoms with van der Waals surface area (Å²) in [4.78, 5) is 4.45. The van der Waals surface area contributed by atoms with Gasteiger partial charge in [-0.2, -0.15) is 0 Å². The van der Waals surface area contributed by atoms with E-state index >= 15 is 0 Å². The second-order valence-electron chi connectivity index (χ2n) is 5.28. The summed E-state index contributed by atoms with van der Waals surface area (Å²) in [6.45, 7) is 3.53. The van der Waals surface area contributed by atoms with Crippen LogP contribution >= 0.6 is 11.6 Å². The van der Waals surface area contributed by atoms with Gasteiger partial charge in [-0.3, -0.25) is 0 Å². The molecule has 102 valence electrons. The number of hydrogen-bond donors (Lipinski definition) is 0. The molecule has 1 aromatic heterocycles. The molecule has 5 heteroatoms. The molecule has 0 amide bonds. The minimum Gasteiger partial charge on any atom is -0.373 e. The van der Waals surface area contributed by atoms with E-state index in [1.807, 2.05) is 4.57 Å². The average molecular weight is 283 g/mol. The van der Waals surface area contributed by atoms with E-state index in [0.29, 0.717) is 12.4 Å². The van der Waals surface area contributed by atoms with E-state index in [0.717, 1.165) is 36.3 Å². The molecule has 0 aliphatic carbocycles. The molecule has 1 saturated heterocycles. The van der Waals surface area contributed by atoms with Crippen LogP contribution in [0.3, 0.4) is 0 Å².